The molecule has 1 rings (SSSR count). The van der Waals surface area contributed by atoms with Crippen molar-refractivity contribution in [3.05, 3.63) is 29.6 Å². The molecule has 0 radical (unpaired) electrons. The lowest BCUT2D eigenvalue weighted by atomic mass is 9.92. The third-order valence-corrected chi connectivity index (χ3v) is 3.08. The van der Waals surface area contributed by atoms with Gasteiger partial charge in [-0.05, 0) is 38.6 Å². The zero-order valence-electron chi connectivity index (χ0n) is 12.4. The zero-order chi connectivity index (χ0) is 15.3. The second-order valence-corrected chi connectivity index (χ2v) is 5.50. The molecule has 0 heterocycles. The second kappa shape index (κ2) is 6.67. The van der Waals surface area contributed by atoms with Crippen LogP contribution in [0, 0.1) is 11.2 Å². The molecule has 1 amide bonds. The van der Waals surface area contributed by atoms with E-state index in [4.69, 9.17) is 10.6 Å². The number of nitrogens with two attached hydrogens (primary N) is 1. The molecule has 0 saturated carbocycles. The van der Waals surface area contributed by atoms with Gasteiger partial charge in [-0.2, -0.15) is 0 Å². The Morgan fingerprint density at radius 3 is 2.65 bits per heavy atom. The SMILES string of the molecule is COc1ccc(CN(C)CC(C)(C)C(=O)NN)cc1F. The van der Waals surface area contributed by atoms with Crippen molar-refractivity contribution in [1.82, 2.24) is 10.3 Å². The topological polar surface area (TPSA) is 67.6 Å². The number of nitrogens with one attached hydrogen (secondary N) is 1. The van der Waals surface area contributed by atoms with Gasteiger partial charge >= 0.3 is 0 Å². The quantitative estimate of drug-likeness (QED) is 0.469. The van der Waals surface area contributed by atoms with Crippen LogP contribution in [0.1, 0.15) is 19.4 Å². The average molecular weight is 283 g/mol. The van der Waals surface area contributed by atoms with Crippen molar-refractivity contribution in [2.24, 2.45) is 11.3 Å². The molecule has 1 aromatic rings. The molecule has 0 unspecified atom stereocenters. The van der Waals surface area contributed by atoms with E-state index in [9.17, 15) is 9.18 Å². The van der Waals surface area contributed by atoms with E-state index in [1.54, 1.807) is 26.0 Å². The summed E-state index contributed by atoms with van der Waals surface area (Å²) in [5.74, 6) is 4.76. The fourth-order valence-electron chi connectivity index (χ4n) is 2.12. The lowest BCUT2D eigenvalue weighted by Crippen LogP contribution is -2.46. The number of nitrogens with zero attached hydrogens (tertiary/aromatic N) is 1. The highest BCUT2D eigenvalue weighted by Gasteiger charge is 2.28. The van der Waals surface area contributed by atoms with E-state index in [1.807, 2.05) is 11.9 Å². The Morgan fingerprint density at radius 1 is 1.50 bits per heavy atom. The van der Waals surface area contributed by atoms with Gasteiger partial charge in [0.15, 0.2) is 11.6 Å². The molecule has 6 heteroatoms. The van der Waals surface area contributed by atoms with Gasteiger partial charge in [-0.1, -0.05) is 6.07 Å². The Hall–Kier alpha value is -1.66. The first-order valence-electron chi connectivity index (χ1n) is 6.32. The van der Waals surface area contributed by atoms with Gasteiger partial charge in [0, 0.05) is 13.1 Å². The standard InChI is InChI=1S/C14H22FN3O2/c1-14(2,13(19)17-16)9-18(3)8-10-5-6-12(20-4)11(15)7-10/h5-7H,8-9,16H2,1-4H3,(H,17,19). The van der Waals surface area contributed by atoms with Gasteiger partial charge in [0.1, 0.15) is 0 Å². The van der Waals surface area contributed by atoms with E-state index < -0.39 is 11.2 Å². The van der Waals surface area contributed by atoms with Crippen LogP contribution in [-0.2, 0) is 11.3 Å². The van der Waals surface area contributed by atoms with Gasteiger partial charge in [0.2, 0.25) is 5.91 Å². The number of carbonyl (C=O) groups excluding carboxylic acids is 1. The molecule has 0 aliphatic carbocycles. The van der Waals surface area contributed by atoms with Gasteiger partial charge in [-0.25, -0.2) is 10.2 Å². The fraction of sp³-hybridized carbons (Fsp3) is 0.500. The van der Waals surface area contributed by atoms with Crippen LogP contribution >= 0.6 is 0 Å². The van der Waals surface area contributed by atoms with Crippen molar-refractivity contribution in [3.8, 4) is 5.75 Å². The number of hydrogen-bond donors (Lipinski definition) is 2. The third kappa shape index (κ3) is 4.18. The predicted molar refractivity (Wildman–Crippen MR) is 75.4 cm³/mol. The van der Waals surface area contributed by atoms with Crippen molar-refractivity contribution >= 4 is 5.91 Å². The smallest absolute Gasteiger partial charge is 0.240 e. The Morgan fingerprint density at radius 2 is 2.15 bits per heavy atom. The van der Waals surface area contributed by atoms with E-state index in [0.717, 1.165) is 5.56 Å². The maximum atomic E-state index is 13.6. The van der Waals surface area contributed by atoms with Crippen molar-refractivity contribution in [2.75, 3.05) is 20.7 Å². The van der Waals surface area contributed by atoms with Crippen LogP contribution in [0.15, 0.2) is 18.2 Å². The molecule has 0 fully saturated rings. The van der Waals surface area contributed by atoms with E-state index >= 15 is 0 Å². The summed E-state index contributed by atoms with van der Waals surface area (Å²) >= 11 is 0. The molecule has 0 aliphatic heterocycles. The van der Waals surface area contributed by atoms with E-state index in [1.165, 1.54) is 13.2 Å². The molecule has 112 valence electrons. The molecule has 0 aliphatic rings. The Labute approximate surface area is 118 Å². The van der Waals surface area contributed by atoms with Crippen molar-refractivity contribution < 1.29 is 13.9 Å². The summed E-state index contributed by atoms with van der Waals surface area (Å²) in [6, 6.07) is 4.83. The number of halogens is 1. The highest BCUT2D eigenvalue weighted by atomic mass is 19.1. The number of benzene rings is 1. The first kappa shape index (κ1) is 16.4. The number of hydrazine groups is 1. The van der Waals surface area contributed by atoms with Gasteiger partial charge < -0.3 is 9.64 Å². The molecule has 0 aromatic heterocycles. The van der Waals surface area contributed by atoms with Crippen LogP contribution in [0.5, 0.6) is 5.75 Å². The second-order valence-electron chi connectivity index (χ2n) is 5.50. The number of hydrogen-bond acceptors (Lipinski definition) is 4. The molecule has 0 atom stereocenters. The van der Waals surface area contributed by atoms with Gasteiger partial charge in [0.25, 0.3) is 0 Å². The molecular formula is C14H22FN3O2. The molecule has 20 heavy (non-hydrogen) atoms. The summed E-state index contributed by atoms with van der Waals surface area (Å²) < 4.78 is 18.5. The summed E-state index contributed by atoms with van der Waals surface area (Å²) in [7, 11) is 3.30. The Balaban J connectivity index is 2.69. The van der Waals surface area contributed by atoms with Crippen LogP contribution in [0.3, 0.4) is 0 Å². The Bertz CT molecular complexity index is 477. The first-order valence-corrected chi connectivity index (χ1v) is 6.32. The lowest BCUT2D eigenvalue weighted by molar-refractivity contribution is -0.130. The van der Waals surface area contributed by atoms with E-state index in [0.29, 0.717) is 13.1 Å². The van der Waals surface area contributed by atoms with Gasteiger partial charge in [-0.3, -0.25) is 10.2 Å². The minimum absolute atomic E-state index is 0.222. The van der Waals surface area contributed by atoms with Crippen molar-refractivity contribution in [2.45, 2.75) is 20.4 Å². The monoisotopic (exact) mass is 283 g/mol. The summed E-state index contributed by atoms with van der Waals surface area (Å²) in [4.78, 5) is 13.6. The molecule has 3 N–H and O–H groups in total. The minimum atomic E-state index is -0.617. The number of methoxy groups -OCH3 is 1. The van der Waals surface area contributed by atoms with Crippen LogP contribution in [0.25, 0.3) is 0 Å². The fourth-order valence-corrected chi connectivity index (χ4v) is 2.12. The Kier molecular flexibility index (Phi) is 5.47. The molecule has 0 spiro atoms. The summed E-state index contributed by atoms with van der Waals surface area (Å²) in [5.41, 5.74) is 2.35. The summed E-state index contributed by atoms with van der Waals surface area (Å²) in [6.45, 7) is 4.65. The van der Waals surface area contributed by atoms with E-state index in [-0.39, 0.29) is 11.7 Å². The predicted octanol–water partition coefficient (Wildman–Crippen LogP) is 1.28. The maximum absolute atomic E-state index is 13.6. The number of amides is 1. The zero-order valence-corrected chi connectivity index (χ0v) is 12.4. The highest BCUT2D eigenvalue weighted by molar-refractivity contribution is 5.81. The number of rotatable bonds is 6. The molecular weight excluding hydrogens is 261 g/mol. The van der Waals surface area contributed by atoms with Crippen LogP contribution < -0.4 is 16.0 Å². The number of ether oxygens (including phenoxy) is 1. The molecule has 0 saturated heterocycles. The molecule has 5 nitrogen and oxygen atoms in total. The number of carbonyl (C=O) groups is 1. The largest absolute Gasteiger partial charge is 0.494 e. The first-order chi connectivity index (χ1) is 9.30. The molecule has 0 bridgehead atoms. The lowest BCUT2D eigenvalue weighted by Gasteiger charge is -2.28. The summed E-state index contributed by atoms with van der Waals surface area (Å²) in [6.07, 6.45) is 0. The third-order valence-electron chi connectivity index (χ3n) is 3.08. The van der Waals surface area contributed by atoms with Crippen molar-refractivity contribution in [3.63, 3.8) is 0 Å². The maximum Gasteiger partial charge on any atom is 0.240 e. The van der Waals surface area contributed by atoms with Gasteiger partial charge in [-0.15, -0.1) is 0 Å². The van der Waals surface area contributed by atoms with E-state index in [2.05, 4.69) is 5.43 Å². The summed E-state index contributed by atoms with van der Waals surface area (Å²) in [5, 5.41) is 0. The van der Waals surface area contributed by atoms with Crippen LogP contribution in [0.4, 0.5) is 4.39 Å². The van der Waals surface area contributed by atoms with Crippen LogP contribution in [-0.4, -0.2) is 31.5 Å². The van der Waals surface area contributed by atoms with Crippen LogP contribution in [0.2, 0.25) is 0 Å². The molecule has 1 aromatic carbocycles. The minimum Gasteiger partial charge on any atom is -0.494 e. The highest BCUT2D eigenvalue weighted by Crippen LogP contribution is 2.20. The van der Waals surface area contributed by atoms with Gasteiger partial charge in [0.05, 0.1) is 12.5 Å². The normalized spacial score (nSPS) is 11.6. The van der Waals surface area contributed by atoms with Crippen molar-refractivity contribution in [1.29, 1.82) is 0 Å². The average Bonchev–Trinajstić information content (AvgIpc) is 2.37.